The Morgan fingerprint density at radius 3 is 2.73 bits per heavy atom. The summed E-state index contributed by atoms with van der Waals surface area (Å²) in [6.07, 6.45) is 7.17. The van der Waals surface area contributed by atoms with Gasteiger partial charge in [0.2, 0.25) is 5.88 Å². The number of hydrogen-bond donors (Lipinski definition) is 0. The van der Waals surface area contributed by atoms with E-state index in [4.69, 9.17) is 22.8 Å². The second-order valence-corrected chi connectivity index (χ2v) is 4.43. The van der Waals surface area contributed by atoms with Gasteiger partial charge in [-0.2, -0.15) is 4.98 Å². The van der Waals surface area contributed by atoms with Crippen LogP contribution in [0.5, 0.6) is 5.88 Å². The monoisotopic (exact) mass is 242 g/mol. The summed E-state index contributed by atoms with van der Waals surface area (Å²) in [5.74, 6) is 2.91. The molecule has 0 N–H and O–H groups in total. The lowest BCUT2D eigenvalue weighted by Gasteiger charge is -2.19. The van der Waals surface area contributed by atoms with Gasteiger partial charge in [0.25, 0.3) is 0 Å². The van der Waals surface area contributed by atoms with Crippen LogP contribution in [0.3, 0.4) is 0 Å². The number of ether oxygens (including phenoxy) is 1. The Bertz CT molecular complexity index is 401. The highest BCUT2D eigenvalue weighted by Gasteiger charge is 2.17. The van der Waals surface area contributed by atoms with Crippen LogP contribution in [0, 0.1) is 12.3 Å². The molecule has 0 fully saturated rings. The van der Waals surface area contributed by atoms with Crippen molar-refractivity contribution >= 4 is 23.4 Å². The summed E-state index contributed by atoms with van der Waals surface area (Å²) in [6, 6.07) is 1.54. The number of halogens is 1. The molecule has 0 bridgehead atoms. The maximum absolute atomic E-state index is 5.80. The average Bonchev–Trinajstić information content (AvgIpc) is 2.16. The van der Waals surface area contributed by atoms with Crippen molar-refractivity contribution in [3.8, 4) is 18.2 Å². The van der Waals surface area contributed by atoms with Crippen LogP contribution in [0.4, 0.5) is 0 Å². The molecule has 80 valence electrons. The lowest BCUT2D eigenvalue weighted by atomic mass is 10.1. The van der Waals surface area contributed by atoms with Crippen molar-refractivity contribution in [2.24, 2.45) is 0 Å². The molecular weight excluding hydrogens is 232 g/mol. The first-order valence-electron chi connectivity index (χ1n) is 4.22. The van der Waals surface area contributed by atoms with Crippen LogP contribution in [0.1, 0.15) is 13.8 Å². The van der Waals surface area contributed by atoms with Gasteiger partial charge in [0.05, 0.1) is 0 Å². The van der Waals surface area contributed by atoms with Gasteiger partial charge in [-0.05, 0) is 20.1 Å². The van der Waals surface area contributed by atoms with E-state index in [2.05, 4.69) is 15.9 Å². The molecule has 0 aromatic carbocycles. The van der Waals surface area contributed by atoms with E-state index >= 15 is 0 Å². The molecule has 0 saturated carbocycles. The molecule has 1 rings (SSSR count). The standard InChI is InChI=1S/C10H11ClN2OS/c1-5-10(2,3)14-8-6-7(11)12-9(13-8)15-4/h1,6H,2-4H3. The third-order valence-electron chi connectivity index (χ3n) is 1.54. The largest absolute Gasteiger partial charge is 0.458 e. The van der Waals surface area contributed by atoms with Gasteiger partial charge in [0.15, 0.2) is 10.8 Å². The van der Waals surface area contributed by atoms with E-state index in [1.165, 1.54) is 11.8 Å². The lowest BCUT2D eigenvalue weighted by molar-refractivity contribution is 0.163. The fourth-order valence-electron chi connectivity index (χ4n) is 0.812. The Morgan fingerprint density at radius 1 is 1.53 bits per heavy atom. The van der Waals surface area contributed by atoms with E-state index in [0.29, 0.717) is 16.2 Å². The summed E-state index contributed by atoms with van der Waals surface area (Å²) in [5, 5.41) is 0.905. The van der Waals surface area contributed by atoms with Crippen molar-refractivity contribution in [1.29, 1.82) is 0 Å². The molecule has 5 heteroatoms. The van der Waals surface area contributed by atoms with Gasteiger partial charge >= 0.3 is 0 Å². The summed E-state index contributed by atoms with van der Waals surface area (Å²) in [7, 11) is 0. The van der Waals surface area contributed by atoms with Crippen LogP contribution >= 0.6 is 23.4 Å². The van der Waals surface area contributed by atoms with Gasteiger partial charge in [-0.1, -0.05) is 29.3 Å². The third-order valence-corrected chi connectivity index (χ3v) is 2.28. The molecule has 3 nitrogen and oxygen atoms in total. The first kappa shape index (κ1) is 12.2. The summed E-state index contributed by atoms with van der Waals surface area (Å²) >= 11 is 7.20. The molecular formula is C10H11ClN2OS. The average molecular weight is 243 g/mol. The molecule has 0 spiro atoms. The van der Waals surface area contributed by atoms with E-state index in [9.17, 15) is 0 Å². The molecule has 1 heterocycles. The lowest BCUT2D eigenvalue weighted by Crippen LogP contribution is -2.26. The van der Waals surface area contributed by atoms with Crippen LogP contribution in [-0.4, -0.2) is 21.8 Å². The highest BCUT2D eigenvalue weighted by Crippen LogP contribution is 2.21. The fourth-order valence-corrected chi connectivity index (χ4v) is 1.41. The van der Waals surface area contributed by atoms with Crippen LogP contribution in [-0.2, 0) is 0 Å². The number of nitrogens with zero attached hydrogens (tertiary/aromatic N) is 2. The number of terminal acetylenes is 1. The number of aromatic nitrogens is 2. The molecule has 0 amide bonds. The predicted molar refractivity (Wildman–Crippen MR) is 62.4 cm³/mol. The smallest absolute Gasteiger partial charge is 0.220 e. The molecule has 0 saturated heterocycles. The highest BCUT2D eigenvalue weighted by atomic mass is 35.5. The molecule has 0 unspecified atom stereocenters. The Hall–Kier alpha value is -0.920. The predicted octanol–water partition coefficient (Wildman–Crippen LogP) is 2.64. The minimum Gasteiger partial charge on any atom is -0.458 e. The van der Waals surface area contributed by atoms with Crippen molar-refractivity contribution in [3.63, 3.8) is 0 Å². The Kier molecular flexibility index (Phi) is 3.83. The maximum atomic E-state index is 5.80. The molecule has 0 aliphatic carbocycles. The molecule has 0 atom stereocenters. The third kappa shape index (κ3) is 3.61. The van der Waals surface area contributed by atoms with E-state index in [-0.39, 0.29) is 0 Å². The zero-order valence-corrected chi connectivity index (χ0v) is 10.3. The van der Waals surface area contributed by atoms with E-state index in [1.54, 1.807) is 19.9 Å². The summed E-state index contributed by atoms with van der Waals surface area (Å²) in [6.45, 7) is 3.56. The first-order valence-corrected chi connectivity index (χ1v) is 5.82. The SMILES string of the molecule is C#CC(C)(C)Oc1cc(Cl)nc(SC)n1. The molecule has 15 heavy (non-hydrogen) atoms. The molecule has 1 aromatic heterocycles. The van der Waals surface area contributed by atoms with Gasteiger partial charge < -0.3 is 4.74 Å². The van der Waals surface area contributed by atoms with Crippen molar-refractivity contribution in [2.45, 2.75) is 24.6 Å². The zero-order valence-electron chi connectivity index (χ0n) is 8.74. The van der Waals surface area contributed by atoms with Crippen LogP contribution < -0.4 is 4.74 Å². The summed E-state index contributed by atoms with van der Waals surface area (Å²) in [4.78, 5) is 8.13. The van der Waals surface area contributed by atoms with E-state index in [0.717, 1.165) is 0 Å². The second-order valence-electron chi connectivity index (χ2n) is 3.27. The molecule has 0 radical (unpaired) electrons. The fraction of sp³-hybridized carbons (Fsp3) is 0.400. The van der Waals surface area contributed by atoms with Gasteiger partial charge in [-0.25, -0.2) is 4.98 Å². The second kappa shape index (κ2) is 4.73. The molecule has 0 aliphatic rings. The Labute approximate surface area is 98.6 Å². The van der Waals surface area contributed by atoms with Crippen LogP contribution in [0.25, 0.3) is 0 Å². The zero-order chi connectivity index (χ0) is 11.5. The number of rotatable bonds is 3. The number of hydrogen-bond acceptors (Lipinski definition) is 4. The van der Waals surface area contributed by atoms with Crippen LogP contribution in [0.2, 0.25) is 5.15 Å². The Morgan fingerprint density at radius 2 is 2.20 bits per heavy atom. The maximum Gasteiger partial charge on any atom is 0.220 e. The number of thioether (sulfide) groups is 1. The van der Waals surface area contributed by atoms with Gasteiger partial charge in [-0.3, -0.25) is 0 Å². The highest BCUT2D eigenvalue weighted by molar-refractivity contribution is 7.98. The quantitative estimate of drug-likeness (QED) is 0.353. The van der Waals surface area contributed by atoms with Crippen molar-refractivity contribution < 1.29 is 4.74 Å². The van der Waals surface area contributed by atoms with Crippen LogP contribution in [0.15, 0.2) is 11.2 Å². The minimum absolute atomic E-state index is 0.345. The van der Waals surface area contributed by atoms with E-state index in [1.807, 2.05) is 6.26 Å². The van der Waals surface area contributed by atoms with Crippen molar-refractivity contribution in [1.82, 2.24) is 9.97 Å². The van der Waals surface area contributed by atoms with Gasteiger partial charge in [0, 0.05) is 6.07 Å². The molecule has 0 aliphatic heterocycles. The summed E-state index contributed by atoms with van der Waals surface area (Å²) < 4.78 is 5.49. The molecule has 1 aromatic rings. The minimum atomic E-state index is -0.701. The van der Waals surface area contributed by atoms with E-state index < -0.39 is 5.60 Å². The first-order chi connectivity index (χ1) is 6.96. The van der Waals surface area contributed by atoms with Crippen molar-refractivity contribution in [3.05, 3.63) is 11.2 Å². The Balaban J connectivity index is 2.96. The summed E-state index contributed by atoms with van der Waals surface area (Å²) in [5.41, 5.74) is -0.701. The van der Waals surface area contributed by atoms with Crippen molar-refractivity contribution in [2.75, 3.05) is 6.26 Å². The van der Waals surface area contributed by atoms with Gasteiger partial charge in [0.1, 0.15) is 5.15 Å². The normalized spacial score (nSPS) is 10.9. The topological polar surface area (TPSA) is 35.0 Å². The van der Waals surface area contributed by atoms with Gasteiger partial charge in [-0.15, -0.1) is 6.42 Å².